The van der Waals surface area contributed by atoms with Crippen molar-refractivity contribution in [2.75, 3.05) is 26.8 Å². The first-order valence-corrected chi connectivity index (χ1v) is 7.85. The number of aliphatic hydroxyl groups excluding tert-OH is 1. The van der Waals surface area contributed by atoms with Gasteiger partial charge in [0.1, 0.15) is 6.61 Å². The number of methoxy groups -OCH3 is 1. The lowest BCUT2D eigenvalue weighted by Gasteiger charge is -2.34. The summed E-state index contributed by atoms with van der Waals surface area (Å²) in [6, 6.07) is -0.0557. The average molecular weight is 313 g/mol. The summed E-state index contributed by atoms with van der Waals surface area (Å²) < 4.78 is 10.5. The molecule has 2 aliphatic rings. The van der Waals surface area contributed by atoms with Crippen LogP contribution in [0.5, 0.6) is 0 Å². The fourth-order valence-electron chi connectivity index (χ4n) is 3.34. The third-order valence-electron chi connectivity index (χ3n) is 4.99. The Bertz CT molecular complexity index is 450. The first-order chi connectivity index (χ1) is 10.3. The highest BCUT2D eigenvalue weighted by Gasteiger charge is 2.47. The number of hydrogen-bond acceptors (Lipinski definition) is 6. The van der Waals surface area contributed by atoms with E-state index in [4.69, 9.17) is 9.47 Å². The number of rotatable bonds is 6. The predicted octanol–water partition coefficient (Wildman–Crippen LogP) is 0.327. The largest absolute Gasteiger partial charge is 0.459 e. The Balaban J connectivity index is 2.00. The van der Waals surface area contributed by atoms with Gasteiger partial charge in [0.15, 0.2) is 5.60 Å². The van der Waals surface area contributed by atoms with Crippen molar-refractivity contribution in [2.24, 2.45) is 5.92 Å². The molecule has 2 N–H and O–H groups in total. The van der Waals surface area contributed by atoms with Crippen molar-refractivity contribution < 1.29 is 24.5 Å². The van der Waals surface area contributed by atoms with Gasteiger partial charge in [-0.1, -0.05) is 19.9 Å². The molecule has 2 aliphatic heterocycles. The van der Waals surface area contributed by atoms with Gasteiger partial charge >= 0.3 is 5.97 Å². The standard InChI is InChI=1S/C16H27NO5/c1-10(2)16(20,11(3)21-4)15(19)22-9-12-5-7-17-8-6-13(18)14(12)17/h5,10-11,13-14,18,20H,6-9H2,1-4H3/t11-,13-,14-,16+/m1/s1. The Morgan fingerprint density at radius 2 is 2.18 bits per heavy atom. The Morgan fingerprint density at radius 1 is 1.50 bits per heavy atom. The summed E-state index contributed by atoms with van der Waals surface area (Å²) in [5.74, 6) is -1.01. The molecule has 0 amide bonds. The molecule has 6 nitrogen and oxygen atoms in total. The van der Waals surface area contributed by atoms with Gasteiger partial charge in [0.05, 0.1) is 18.2 Å². The molecule has 0 bridgehead atoms. The molecule has 22 heavy (non-hydrogen) atoms. The number of aliphatic hydroxyl groups is 2. The molecular formula is C16H27NO5. The maximum Gasteiger partial charge on any atom is 0.341 e. The molecule has 0 unspecified atom stereocenters. The highest BCUT2D eigenvalue weighted by molar-refractivity contribution is 5.80. The summed E-state index contributed by atoms with van der Waals surface area (Å²) in [6.07, 6.45) is 1.67. The minimum atomic E-state index is -1.68. The van der Waals surface area contributed by atoms with E-state index in [1.807, 2.05) is 6.08 Å². The lowest BCUT2D eigenvalue weighted by Crippen LogP contribution is -2.54. The van der Waals surface area contributed by atoms with Crippen LogP contribution in [-0.2, 0) is 14.3 Å². The number of nitrogens with zero attached hydrogens (tertiary/aromatic N) is 1. The highest BCUT2D eigenvalue weighted by atomic mass is 16.6. The smallest absolute Gasteiger partial charge is 0.341 e. The van der Waals surface area contributed by atoms with E-state index < -0.39 is 23.8 Å². The van der Waals surface area contributed by atoms with Gasteiger partial charge in [0.25, 0.3) is 0 Å². The second kappa shape index (κ2) is 6.66. The number of hydrogen-bond donors (Lipinski definition) is 2. The van der Waals surface area contributed by atoms with E-state index in [1.54, 1.807) is 20.8 Å². The highest BCUT2D eigenvalue weighted by Crippen LogP contribution is 2.30. The molecule has 2 rings (SSSR count). The lowest BCUT2D eigenvalue weighted by atomic mass is 9.85. The van der Waals surface area contributed by atoms with E-state index in [0.29, 0.717) is 0 Å². The van der Waals surface area contributed by atoms with Gasteiger partial charge in [-0.2, -0.15) is 0 Å². The van der Waals surface area contributed by atoms with Crippen molar-refractivity contribution in [2.45, 2.75) is 51.0 Å². The van der Waals surface area contributed by atoms with Crippen molar-refractivity contribution >= 4 is 5.97 Å². The summed E-state index contributed by atoms with van der Waals surface area (Å²) in [6.45, 7) is 6.90. The zero-order valence-electron chi connectivity index (χ0n) is 13.8. The maximum atomic E-state index is 12.4. The molecule has 1 saturated heterocycles. The molecule has 4 atom stereocenters. The number of esters is 1. The molecule has 0 aromatic heterocycles. The number of fused-ring (bicyclic) bond motifs is 1. The van der Waals surface area contributed by atoms with Crippen molar-refractivity contribution in [3.05, 3.63) is 11.6 Å². The molecule has 0 spiro atoms. The van der Waals surface area contributed by atoms with Crippen molar-refractivity contribution in [3.63, 3.8) is 0 Å². The van der Waals surface area contributed by atoms with Gasteiger partial charge in [-0.25, -0.2) is 4.79 Å². The Kier molecular flexibility index (Phi) is 5.27. The van der Waals surface area contributed by atoms with Gasteiger partial charge < -0.3 is 19.7 Å². The average Bonchev–Trinajstić information content (AvgIpc) is 3.06. The van der Waals surface area contributed by atoms with Gasteiger partial charge in [-0.05, 0) is 24.8 Å². The molecule has 126 valence electrons. The zero-order chi connectivity index (χ0) is 16.5. The van der Waals surface area contributed by atoms with Gasteiger partial charge in [0, 0.05) is 20.2 Å². The van der Waals surface area contributed by atoms with Crippen LogP contribution in [0.4, 0.5) is 0 Å². The zero-order valence-corrected chi connectivity index (χ0v) is 13.8. The molecule has 0 aromatic rings. The Hall–Kier alpha value is -0.950. The SMILES string of the molecule is CO[C@H](C)[C@](O)(C(=O)OCC1=CCN2CC[C@@H](O)[C@@H]12)C(C)C. The van der Waals surface area contributed by atoms with Crippen LogP contribution in [0, 0.1) is 5.92 Å². The van der Waals surface area contributed by atoms with Crippen molar-refractivity contribution in [1.29, 1.82) is 0 Å². The van der Waals surface area contributed by atoms with Crippen LogP contribution >= 0.6 is 0 Å². The molecule has 1 fully saturated rings. The van der Waals surface area contributed by atoms with Crippen molar-refractivity contribution in [1.82, 2.24) is 4.90 Å². The summed E-state index contributed by atoms with van der Waals surface area (Å²) in [7, 11) is 1.46. The first-order valence-electron chi connectivity index (χ1n) is 7.85. The third kappa shape index (κ3) is 2.93. The number of carbonyl (C=O) groups is 1. The predicted molar refractivity (Wildman–Crippen MR) is 81.3 cm³/mol. The van der Waals surface area contributed by atoms with E-state index in [-0.39, 0.29) is 18.6 Å². The van der Waals surface area contributed by atoms with Crippen LogP contribution in [0.25, 0.3) is 0 Å². The molecule has 2 heterocycles. The first kappa shape index (κ1) is 17.4. The summed E-state index contributed by atoms with van der Waals surface area (Å²) in [5, 5.41) is 20.7. The summed E-state index contributed by atoms with van der Waals surface area (Å²) in [5.41, 5.74) is -0.767. The molecular weight excluding hydrogens is 286 g/mol. The van der Waals surface area contributed by atoms with Crippen molar-refractivity contribution in [3.8, 4) is 0 Å². The van der Waals surface area contributed by atoms with Crippen LogP contribution in [-0.4, -0.2) is 71.7 Å². The van der Waals surface area contributed by atoms with Crippen LogP contribution in [0.3, 0.4) is 0 Å². The lowest BCUT2D eigenvalue weighted by molar-refractivity contribution is -0.186. The van der Waals surface area contributed by atoms with Gasteiger partial charge in [-0.15, -0.1) is 0 Å². The molecule has 0 aromatic carbocycles. The van der Waals surface area contributed by atoms with Crippen LogP contribution in [0.1, 0.15) is 27.2 Å². The quantitative estimate of drug-likeness (QED) is 0.543. The molecule has 6 heteroatoms. The van der Waals surface area contributed by atoms with Crippen LogP contribution < -0.4 is 0 Å². The fourth-order valence-corrected chi connectivity index (χ4v) is 3.34. The van der Waals surface area contributed by atoms with E-state index >= 15 is 0 Å². The van der Waals surface area contributed by atoms with E-state index in [9.17, 15) is 15.0 Å². The minimum absolute atomic E-state index is 0.0557. The number of ether oxygens (including phenoxy) is 2. The monoisotopic (exact) mass is 313 g/mol. The topological polar surface area (TPSA) is 79.2 Å². The second-order valence-corrected chi connectivity index (χ2v) is 6.51. The maximum absolute atomic E-state index is 12.4. The summed E-state index contributed by atoms with van der Waals surface area (Å²) in [4.78, 5) is 14.5. The van der Waals surface area contributed by atoms with Gasteiger partial charge in [0.2, 0.25) is 0 Å². The normalized spacial score (nSPS) is 29.1. The fraction of sp³-hybridized carbons (Fsp3) is 0.812. The van der Waals surface area contributed by atoms with Crippen LogP contribution in [0.2, 0.25) is 0 Å². The Morgan fingerprint density at radius 3 is 2.77 bits per heavy atom. The van der Waals surface area contributed by atoms with E-state index in [1.165, 1.54) is 7.11 Å². The van der Waals surface area contributed by atoms with E-state index in [0.717, 1.165) is 25.1 Å². The minimum Gasteiger partial charge on any atom is -0.459 e. The molecule has 0 radical (unpaired) electrons. The summed E-state index contributed by atoms with van der Waals surface area (Å²) >= 11 is 0. The third-order valence-corrected chi connectivity index (χ3v) is 4.99. The Labute approximate surface area is 131 Å². The number of carbonyl (C=O) groups excluding carboxylic acids is 1. The molecule has 0 aliphatic carbocycles. The molecule has 0 saturated carbocycles. The van der Waals surface area contributed by atoms with Gasteiger partial charge in [-0.3, -0.25) is 4.90 Å². The van der Waals surface area contributed by atoms with E-state index in [2.05, 4.69) is 4.90 Å². The van der Waals surface area contributed by atoms with Crippen LogP contribution in [0.15, 0.2) is 11.6 Å². The second-order valence-electron chi connectivity index (χ2n) is 6.51.